The van der Waals surface area contributed by atoms with Crippen molar-refractivity contribution < 1.29 is 0 Å². The molecular weight excluding hydrogens is 252 g/mol. The third-order valence-corrected chi connectivity index (χ3v) is 6.62. The van der Waals surface area contributed by atoms with Gasteiger partial charge in [0.2, 0.25) is 0 Å². The fraction of sp³-hybridized carbons (Fsp3) is 1.00. The summed E-state index contributed by atoms with van der Waals surface area (Å²) < 4.78 is 0. The average Bonchev–Trinajstić information content (AvgIpc) is 2.50. The van der Waals surface area contributed by atoms with Gasteiger partial charge in [-0.15, -0.1) is 0 Å². The van der Waals surface area contributed by atoms with Crippen LogP contribution < -0.4 is 0 Å². The van der Waals surface area contributed by atoms with E-state index in [4.69, 9.17) is 0 Å². The van der Waals surface area contributed by atoms with E-state index in [0.717, 1.165) is 11.8 Å². The van der Waals surface area contributed by atoms with E-state index >= 15 is 0 Å². The molecule has 1 saturated carbocycles. The highest BCUT2D eigenvalue weighted by atomic mass is 14.4. The van der Waals surface area contributed by atoms with E-state index in [1.165, 1.54) is 89.9 Å². The Kier molecular flexibility index (Phi) is 9.69. The topological polar surface area (TPSA) is 0 Å². The van der Waals surface area contributed by atoms with Crippen molar-refractivity contribution in [2.75, 3.05) is 0 Å². The van der Waals surface area contributed by atoms with E-state index in [-0.39, 0.29) is 0 Å². The highest BCUT2D eigenvalue weighted by Gasteiger charge is 2.33. The van der Waals surface area contributed by atoms with Gasteiger partial charge < -0.3 is 0 Å². The van der Waals surface area contributed by atoms with Crippen molar-refractivity contribution in [2.24, 2.45) is 17.3 Å². The lowest BCUT2D eigenvalue weighted by atomic mass is 9.65. The van der Waals surface area contributed by atoms with Gasteiger partial charge in [-0.25, -0.2) is 0 Å². The summed E-state index contributed by atoms with van der Waals surface area (Å²) in [4.78, 5) is 0. The van der Waals surface area contributed by atoms with Gasteiger partial charge in [-0.05, 0) is 23.7 Å². The second-order valence-electron chi connectivity index (χ2n) is 8.06. The molecule has 0 radical (unpaired) electrons. The Morgan fingerprint density at radius 3 is 1.48 bits per heavy atom. The van der Waals surface area contributed by atoms with Crippen LogP contribution in [0.4, 0.5) is 0 Å². The molecule has 21 heavy (non-hydrogen) atoms. The minimum Gasteiger partial charge on any atom is -0.0649 e. The van der Waals surface area contributed by atoms with Gasteiger partial charge in [0.25, 0.3) is 0 Å². The van der Waals surface area contributed by atoms with Crippen LogP contribution in [0.1, 0.15) is 118 Å². The van der Waals surface area contributed by atoms with Crippen molar-refractivity contribution in [3.8, 4) is 0 Å². The molecule has 2 atom stereocenters. The summed E-state index contributed by atoms with van der Waals surface area (Å²) >= 11 is 0. The summed E-state index contributed by atoms with van der Waals surface area (Å²) in [5.41, 5.74) is 0.580. The lowest BCUT2D eigenvalue weighted by Crippen LogP contribution is -2.31. The molecule has 0 heterocycles. The molecular formula is C21H42. The van der Waals surface area contributed by atoms with Gasteiger partial charge in [-0.1, -0.05) is 111 Å². The van der Waals surface area contributed by atoms with Crippen LogP contribution in [0.5, 0.6) is 0 Å². The van der Waals surface area contributed by atoms with Crippen molar-refractivity contribution in [3.05, 3.63) is 0 Å². The highest BCUT2D eigenvalue weighted by Crippen LogP contribution is 2.43. The monoisotopic (exact) mass is 294 g/mol. The molecule has 1 fully saturated rings. The van der Waals surface area contributed by atoms with Gasteiger partial charge in [-0.3, -0.25) is 0 Å². The maximum absolute atomic E-state index is 2.57. The second kappa shape index (κ2) is 10.7. The fourth-order valence-corrected chi connectivity index (χ4v) is 4.54. The van der Waals surface area contributed by atoms with E-state index < -0.39 is 0 Å². The Morgan fingerprint density at radius 2 is 1.05 bits per heavy atom. The van der Waals surface area contributed by atoms with Gasteiger partial charge in [0.15, 0.2) is 0 Å². The summed E-state index contributed by atoms with van der Waals surface area (Å²) in [6.07, 6.45) is 20.5. The van der Waals surface area contributed by atoms with E-state index in [0.29, 0.717) is 5.41 Å². The van der Waals surface area contributed by atoms with Crippen LogP contribution in [0.25, 0.3) is 0 Å². The molecule has 0 nitrogen and oxygen atoms in total. The first-order chi connectivity index (χ1) is 10.1. The molecule has 0 spiro atoms. The van der Waals surface area contributed by atoms with Crippen LogP contribution in [-0.4, -0.2) is 0 Å². The molecule has 126 valence electrons. The Hall–Kier alpha value is 0. The van der Waals surface area contributed by atoms with Crippen molar-refractivity contribution in [3.63, 3.8) is 0 Å². The third kappa shape index (κ3) is 6.74. The van der Waals surface area contributed by atoms with Gasteiger partial charge in [0.1, 0.15) is 0 Å². The van der Waals surface area contributed by atoms with Crippen molar-refractivity contribution >= 4 is 0 Å². The molecule has 0 saturated heterocycles. The molecule has 1 aliphatic rings. The fourth-order valence-electron chi connectivity index (χ4n) is 4.54. The molecule has 0 aromatic rings. The number of rotatable bonds is 3. The molecule has 0 aromatic heterocycles. The molecule has 2 unspecified atom stereocenters. The number of hydrogen-bond acceptors (Lipinski definition) is 0. The maximum atomic E-state index is 2.57. The van der Waals surface area contributed by atoms with Crippen molar-refractivity contribution in [2.45, 2.75) is 118 Å². The van der Waals surface area contributed by atoms with Crippen molar-refractivity contribution in [1.29, 1.82) is 0 Å². The summed E-state index contributed by atoms with van der Waals surface area (Å²) in [7, 11) is 0. The predicted octanol–water partition coefficient (Wildman–Crippen LogP) is 7.76. The first kappa shape index (κ1) is 19.0. The zero-order chi connectivity index (χ0) is 15.6. The van der Waals surface area contributed by atoms with Gasteiger partial charge in [0.05, 0.1) is 0 Å². The molecule has 0 aromatic carbocycles. The highest BCUT2D eigenvalue weighted by molar-refractivity contribution is 4.84. The van der Waals surface area contributed by atoms with E-state index in [2.05, 4.69) is 27.7 Å². The zero-order valence-corrected chi connectivity index (χ0v) is 15.6. The standard InChI is InChI=1S/C21H42/c1-5-21(4,6-2)20-18-16-14-12-10-8-7-9-11-13-15-17-19(20)3/h19-20H,5-18H2,1-4H3. The van der Waals surface area contributed by atoms with E-state index in [1.807, 2.05) is 0 Å². The van der Waals surface area contributed by atoms with Gasteiger partial charge in [-0.2, -0.15) is 0 Å². The zero-order valence-electron chi connectivity index (χ0n) is 15.6. The molecule has 1 rings (SSSR count). The smallest absolute Gasteiger partial charge is 0.0300 e. The Bertz CT molecular complexity index is 238. The van der Waals surface area contributed by atoms with Crippen LogP contribution in [0.3, 0.4) is 0 Å². The van der Waals surface area contributed by atoms with Crippen LogP contribution in [-0.2, 0) is 0 Å². The van der Waals surface area contributed by atoms with Crippen LogP contribution in [0.15, 0.2) is 0 Å². The SMILES string of the molecule is CCC(C)(CC)C1CCCCCCCCCCCCC1C. The minimum absolute atomic E-state index is 0.580. The van der Waals surface area contributed by atoms with Crippen molar-refractivity contribution in [1.82, 2.24) is 0 Å². The quantitative estimate of drug-likeness (QED) is 0.499. The first-order valence-electron chi connectivity index (χ1n) is 10.1. The Labute approximate surface area is 135 Å². The molecule has 0 amide bonds. The maximum Gasteiger partial charge on any atom is -0.0300 e. The van der Waals surface area contributed by atoms with E-state index in [1.54, 1.807) is 0 Å². The predicted molar refractivity (Wildman–Crippen MR) is 96.7 cm³/mol. The van der Waals surface area contributed by atoms with Crippen LogP contribution >= 0.6 is 0 Å². The molecule has 1 aliphatic carbocycles. The molecule has 0 heteroatoms. The Balaban J connectivity index is 2.61. The lowest BCUT2D eigenvalue weighted by molar-refractivity contribution is 0.0955. The first-order valence-corrected chi connectivity index (χ1v) is 10.1. The summed E-state index contributed by atoms with van der Waals surface area (Å²) in [6, 6.07) is 0. The normalized spacial score (nSPS) is 28.0. The molecule has 0 N–H and O–H groups in total. The van der Waals surface area contributed by atoms with E-state index in [9.17, 15) is 0 Å². The summed E-state index contributed by atoms with van der Waals surface area (Å²) in [5, 5.41) is 0. The van der Waals surface area contributed by atoms with Crippen LogP contribution in [0.2, 0.25) is 0 Å². The second-order valence-corrected chi connectivity index (χ2v) is 8.06. The minimum atomic E-state index is 0.580. The number of hydrogen-bond donors (Lipinski definition) is 0. The average molecular weight is 295 g/mol. The van der Waals surface area contributed by atoms with Gasteiger partial charge >= 0.3 is 0 Å². The Morgan fingerprint density at radius 1 is 0.667 bits per heavy atom. The largest absolute Gasteiger partial charge is 0.0649 e. The molecule has 0 bridgehead atoms. The van der Waals surface area contributed by atoms with Gasteiger partial charge in [0, 0.05) is 0 Å². The summed E-state index contributed by atoms with van der Waals surface area (Å²) in [5.74, 6) is 1.88. The molecule has 0 aliphatic heterocycles. The van der Waals surface area contributed by atoms with Crippen LogP contribution in [0, 0.1) is 17.3 Å². The third-order valence-electron chi connectivity index (χ3n) is 6.62. The summed E-state index contributed by atoms with van der Waals surface area (Å²) in [6.45, 7) is 9.96. The lowest BCUT2D eigenvalue weighted by Gasteiger charge is -2.41.